The van der Waals surface area contributed by atoms with Gasteiger partial charge in [-0.05, 0) is 50.0 Å². The molecule has 1 saturated heterocycles. The Kier molecular flexibility index (Phi) is 7.95. The fourth-order valence-electron chi connectivity index (χ4n) is 3.29. The average Bonchev–Trinajstić information content (AvgIpc) is 2.73. The van der Waals surface area contributed by atoms with E-state index in [-0.39, 0.29) is 18.0 Å². The van der Waals surface area contributed by atoms with Gasteiger partial charge in [-0.15, -0.1) is 0 Å². The second-order valence-electron chi connectivity index (χ2n) is 7.27. The van der Waals surface area contributed by atoms with Crippen molar-refractivity contribution < 1.29 is 19.5 Å². The maximum Gasteiger partial charge on any atom is 0.331 e. The Morgan fingerprint density at radius 2 is 1.83 bits per heavy atom. The molecule has 1 aliphatic rings. The van der Waals surface area contributed by atoms with Crippen LogP contribution in [0.5, 0.6) is 0 Å². The molecule has 0 spiro atoms. The zero-order valence-electron chi connectivity index (χ0n) is 17.1. The zero-order chi connectivity index (χ0) is 21.4. The molecule has 1 aromatic rings. The lowest BCUT2D eigenvalue weighted by atomic mass is 10.1. The highest BCUT2D eigenvalue weighted by Crippen LogP contribution is 2.19. The number of hydrogen-bond acceptors (Lipinski definition) is 4. The van der Waals surface area contributed by atoms with Crippen LogP contribution in [0, 0.1) is 0 Å². The quantitative estimate of drug-likeness (QED) is 0.413. The van der Waals surface area contributed by atoms with Crippen LogP contribution in [-0.2, 0) is 4.79 Å². The topological polar surface area (TPSA) is 77.9 Å². The van der Waals surface area contributed by atoms with E-state index in [1.165, 1.54) is 11.3 Å². The molecule has 1 heterocycles. The van der Waals surface area contributed by atoms with Gasteiger partial charge in [-0.1, -0.05) is 24.8 Å². The number of rotatable bonds is 8. The third kappa shape index (κ3) is 6.17. The van der Waals surface area contributed by atoms with E-state index in [0.717, 1.165) is 31.6 Å². The van der Waals surface area contributed by atoms with Crippen LogP contribution in [-0.4, -0.2) is 59.8 Å². The van der Waals surface area contributed by atoms with Crippen molar-refractivity contribution in [1.82, 2.24) is 9.80 Å². The first kappa shape index (κ1) is 22.1. The first-order chi connectivity index (χ1) is 13.8. The number of aliphatic carboxylic acids is 1. The molecule has 0 bridgehead atoms. The van der Waals surface area contributed by atoms with Crippen LogP contribution >= 0.6 is 0 Å². The zero-order valence-corrected chi connectivity index (χ0v) is 17.1. The van der Waals surface area contributed by atoms with Crippen molar-refractivity contribution in [2.24, 2.45) is 0 Å². The summed E-state index contributed by atoms with van der Waals surface area (Å²) in [6.45, 7) is 7.62. The van der Waals surface area contributed by atoms with Crippen molar-refractivity contribution in [3.8, 4) is 0 Å². The lowest BCUT2D eigenvalue weighted by Crippen LogP contribution is -2.30. The lowest BCUT2D eigenvalue weighted by molar-refractivity contribution is -0.132. The number of likely N-dealkylation sites (tertiary alicyclic amines) is 1. The van der Waals surface area contributed by atoms with Crippen molar-refractivity contribution in [2.75, 3.05) is 26.7 Å². The van der Waals surface area contributed by atoms with E-state index >= 15 is 0 Å². The predicted molar refractivity (Wildman–Crippen MR) is 113 cm³/mol. The Morgan fingerprint density at radius 3 is 2.45 bits per heavy atom. The van der Waals surface area contributed by atoms with Gasteiger partial charge in [0.05, 0.1) is 5.56 Å². The monoisotopic (exact) mass is 396 g/mol. The maximum absolute atomic E-state index is 12.7. The summed E-state index contributed by atoms with van der Waals surface area (Å²) in [7, 11) is 1.65. The number of amides is 1. The fraction of sp³-hybridized carbons (Fsp3) is 0.348. The Morgan fingerprint density at radius 1 is 1.17 bits per heavy atom. The van der Waals surface area contributed by atoms with Crippen LogP contribution in [0.4, 0.5) is 0 Å². The van der Waals surface area contributed by atoms with E-state index < -0.39 is 5.97 Å². The van der Waals surface area contributed by atoms with Crippen molar-refractivity contribution in [2.45, 2.75) is 26.2 Å². The summed E-state index contributed by atoms with van der Waals surface area (Å²) in [6, 6.07) is 6.66. The van der Waals surface area contributed by atoms with Crippen LogP contribution in [0.1, 0.15) is 46.9 Å². The Balaban J connectivity index is 2.19. The smallest absolute Gasteiger partial charge is 0.331 e. The minimum Gasteiger partial charge on any atom is -0.478 e. The van der Waals surface area contributed by atoms with Gasteiger partial charge in [0.15, 0.2) is 6.29 Å². The number of aldehydes is 1. The van der Waals surface area contributed by atoms with Crippen LogP contribution in [0.3, 0.4) is 0 Å². The number of piperidine rings is 1. The fourth-order valence-corrected chi connectivity index (χ4v) is 3.29. The molecule has 1 aliphatic heterocycles. The molecule has 1 aromatic carbocycles. The van der Waals surface area contributed by atoms with Crippen LogP contribution in [0.2, 0.25) is 0 Å². The molecule has 0 unspecified atom stereocenters. The van der Waals surface area contributed by atoms with Crippen LogP contribution in [0.15, 0.2) is 59.8 Å². The first-order valence-corrected chi connectivity index (χ1v) is 9.69. The van der Waals surface area contributed by atoms with Crippen LogP contribution < -0.4 is 0 Å². The van der Waals surface area contributed by atoms with E-state index in [0.29, 0.717) is 23.0 Å². The number of nitrogens with zero attached hydrogens (tertiary/aromatic N) is 2. The van der Waals surface area contributed by atoms with Gasteiger partial charge in [-0.25, -0.2) is 4.79 Å². The van der Waals surface area contributed by atoms with Crippen molar-refractivity contribution in [3.63, 3.8) is 0 Å². The standard InChI is InChI=1S/C23H28N2O4/c1-17(15-24(3)22(27)21-10-6-5-9-19(21)16-26)13-20(14-18(2)23(28)29)25-11-7-4-8-12-25/h5-6,9-10,13-14,16H,1,4,7-8,11-12,15H2,2-3H3,(H,28,29)/b18-14+,20-13+. The van der Waals surface area contributed by atoms with Gasteiger partial charge in [0.25, 0.3) is 5.91 Å². The molecule has 0 aromatic heterocycles. The minimum absolute atomic E-state index is 0.249. The van der Waals surface area contributed by atoms with Gasteiger partial charge < -0.3 is 14.9 Å². The molecule has 154 valence electrons. The number of carbonyl (C=O) groups is 3. The summed E-state index contributed by atoms with van der Waals surface area (Å²) in [5, 5.41) is 9.24. The second-order valence-corrected chi connectivity index (χ2v) is 7.27. The molecule has 1 fully saturated rings. The van der Waals surface area contributed by atoms with Crippen LogP contribution in [0.25, 0.3) is 0 Å². The lowest BCUT2D eigenvalue weighted by Gasteiger charge is -2.30. The summed E-state index contributed by atoms with van der Waals surface area (Å²) in [5.41, 5.74) is 2.42. The van der Waals surface area contributed by atoms with Gasteiger partial charge >= 0.3 is 5.97 Å². The highest BCUT2D eigenvalue weighted by Gasteiger charge is 2.17. The molecule has 0 radical (unpaired) electrons. The maximum atomic E-state index is 12.7. The third-order valence-electron chi connectivity index (χ3n) is 4.88. The van der Waals surface area contributed by atoms with E-state index in [1.54, 1.807) is 44.3 Å². The van der Waals surface area contributed by atoms with Gasteiger partial charge in [0.1, 0.15) is 0 Å². The molecule has 2 rings (SSSR count). The highest BCUT2D eigenvalue weighted by molar-refractivity contribution is 6.01. The molecule has 0 saturated carbocycles. The van der Waals surface area contributed by atoms with Gasteiger partial charge in [0.2, 0.25) is 0 Å². The molecule has 6 nitrogen and oxygen atoms in total. The Bertz CT molecular complexity index is 848. The molecule has 1 N–H and O–H groups in total. The number of hydrogen-bond donors (Lipinski definition) is 1. The molecular weight excluding hydrogens is 368 g/mol. The molecule has 6 heteroatoms. The molecule has 1 amide bonds. The van der Waals surface area contributed by atoms with Crippen molar-refractivity contribution in [3.05, 3.63) is 71.0 Å². The summed E-state index contributed by atoms with van der Waals surface area (Å²) >= 11 is 0. The number of allylic oxidation sites excluding steroid dienone is 1. The third-order valence-corrected chi connectivity index (χ3v) is 4.88. The summed E-state index contributed by atoms with van der Waals surface area (Å²) < 4.78 is 0. The summed E-state index contributed by atoms with van der Waals surface area (Å²) in [5.74, 6) is -1.23. The largest absolute Gasteiger partial charge is 0.478 e. The highest BCUT2D eigenvalue weighted by atomic mass is 16.4. The van der Waals surface area contributed by atoms with E-state index in [9.17, 15) is 19.5 Å². The van der Waals surface area contributed by atoms with Crippen molar-refractivity contribution in [1.29, 1.82) is 0 Å². The van der Waals surface area contributed by atoms with E-state index in [2.05, 4.69) is 11.5 Å². The van der Waals surface area contributed by atoms with Crippen molar-refractivity contribution >= 4 is 18.2 Å². The first-order valence-electron chi connectivity index (χ1n) is 9.69. The minimum atomic E-state index is -0.962. The molecule has 0 aliphatic carbocycles. The summed E-state index contributed by atoms with van der Waals surface area (Å²) in [6.07, 6.45) is 7.45. The second kappa shape index (κ2) is 10.4. The van der Waals surface area contributed by atoms with Gasteiger partial charge in [0, 0.05) is 43.5 Å². The average molecular weight is 396 g/mol. The molecular formula is C23H28N2O4. The van der Waals surface area contributed by atoms with Gasteiger partial charge in [-0.3, -0.25) is 9.59 Å². The molecule has 0 atom stereocenters. The number of benzene rings is 1. The Labute approximate surface area is 171 Å². The normalized spacial score (nSPS) is 15.0. The van der Waals surface area contributed by atoms with E-state index in [1.807, 2.05) is 6.08 Å². The molecule has 29 heavy (non-hydrogen) atoms. The number of carbonyl (C=O) groups excluding carboxylic acids is 2. The predicted octanol–water partition coefficient (Wildman–Crippen LogP) is 3.53. The Hall–Kier alpha value is -3.15. The number of likely N-dealkylation sites (N-methyl/N-ethyl adjacent to an activating group) is 1. The number of carboxylic acids is 1. The SMILES string of the molecule is C=C(/C=C(\C=C(/C)C(=O)O)N1CCCCC1)CN(C)C(=O)c1ccccc1C=O. The van der Waals surface area contributed by atoms with E-state index in [4.69, 9.17) is 0 Å². The number of carboxylic acid groups (broad SMARTS) is 1. The van der Waals surface area contributed by atoms with Gasteiger partial charge in [-0.2, -0.15) is 0 Å². The summed E-state index contributed by atoms with van der Waals surface area (Å²) in [4.78, 5) is 38.8.